The zero-order chi connectivity index (χ0) is 26.4. The van der Waals surface area contributed by atoms with Crippen molar-refractivity contribution in [3.05, 3.63) is 64.1 Å². The summed E-state index contributed by atoms with van der Waals surface area (Å²) in [6.45, 7) is 4.49. The largest absolute Gasteiger partial charge is 0.361 e. The van der Waals surface area contributed by atoms with Crippen molar-refractivity contribution in [2.24, 2.45) is 0 Å². The third-order valence-corrected chi connectivity index (χ3v) is 8.37. The van der Waals surface area contributed by atoms with Crippen LogP contribution in [0.1, 0.15) is 80.8 Å². The molecule has 2 fully saturated rings. The van der Waals surface area contributed by atoms with Crippen molar-refractivity contribution in [1.29, 1.82) is 0 Å². The van der Waals surface area contributed by atoms with Crippen molar-refractivity contribution in [2.75, 3.05) is 11.6 Å². The van der Waals surface area contributed by atoms with E-state index in [0.29, 0.717) is 35.4 Å². The normalized spacial score (nSPS) is 16.9. The highest BCUT2D eigenvalue weighted by Gasteiger charge is 2.35. The molecule has 2 saturated carbocycles. The number of hydrogen-bond acceptors (Lipinski definition) is 8. The molecule has 1 aromatic carbocycles. The first-order valence-electron chi connectivity index (χ1n) is 13.2. The number of anilines is 1. The molecule has 2 aliphatic carbocycles. The van der Waals surface area contributed by atoms with E-state index >= 15 is 0 Å². The van der Waals surface area contributed by atoms with Crippen LogP contribution in [0.2, 0.25) is 0 Å². The summed E-state index contributed by atoms with van der Waals surface area (Å²) in [4.78, 5) is 38.1. The van der Waals surface area contributed by atoms with Gasteiger partial charge in [0.15, 0.2) is 17.3 Å². The summed E-state index contributed by atoms with van der Waals surface area (Å²) >= 11 is 0. The molecule has 38 heavy (non-hydrogen) atoms. The quantitative estimate of drug-likeness (QED) is 0.331. The van der Waals surface area contributed by atoms with E-state index in [1.54, 1.807) is 23.3 Å². The Morgan fingerprint density at radius 3 is 2.26 bits per heavy atom. The highest BCUT2D eigenvalue weighted by atomic mass is 32.2. The molecule has 4 aromatic rings. The maximum Gasteiger partial charge on any atom is 0.295 e. The molecule has 3 heterocycles. The molecule has 2 aliphatic rings. The lowest BCUT2D eigenvalue weighted by Gasteiger charge is -2.18. The van der Waals surface area contributed by atoms with E-state index in [2.05, 4.69) is 27.2 Å². The second kappa shape index (κ2) is 9.98. The monoisotopic (exact) mass is 529 g/mol. The second-order valence-corrected chi connectivity index (χ2v) is 11.7. The molecule has 1 N–H and O–H groups in total. The standard InChI is InChI=1S/C28H31N7O2S/c1-4-16(2)35-27-21(33-26(28(35)36)29-13-17-5-11-20(12-6-17)38(3)37)14-30-25(34-27)22-23(18-7-8-18)31-15-32-24(22)19-9-10-19/h5-6,11-12,14-16,18-19H,4,7-10,13H2,1-3H3,(H,29,33)/t16-,38?/m1/s1. The summed E-state index contributed by atoms with van der Waals surface area (Å²) in [5.41, 5.74) is 4.85. The number of nitrogens with zero attached hydrogens (tertiary/aromatic N) is 6. The molecule has 196 valence electrons. The molecule has 10 heteroatoms. The van der Waals surface area contributed by atoms with Gasteiger partial charge < -0.3 is 5.32 Å². The highest BCUT2D eigenvalue weighted by molar-refractivity contribution is 7.84. The molecule has 6 rings (SSSR count). The summed E-state index contributed by atoms with van der Waals surface area (Å²) in [5, 5.41) is 3.20. The van der Waals surface area contributed by atoms with Crippen LogP contribution < -0.4 is 10.9 Å². The molecular weight excluding hydrogens is 498 g/mol. The van der Waals surface area contributed by atoms with Crippen LogP contribution in [0.25, 0.3) is 22.6 Å². The molecule has 3 aromatic heterocycles. The van der Waals surface area contributed by atoms with Gasteiger partial charge in [-0.05, 0) is 56.7 Å². The number of aromatic nitrogens is 6. The minimum atomic E-state index is -1.03. The predicted octanol–water partition coefficient (Wildman–Crippen LogP) is 4.72. The lowest BCUT2D eigenvalue weighted by molar-refractivity contribution is 0.526. The molecule has 0 spiro atoms. The molecule has 0 saturated heterocycles. The highest BCUT2D eigenvalue weighted by Crippen LogP contribution is 2.48. The van der Waals surface area contributed by atoms with E-state index in [1.807, 2.05) is 31.2 Å². The predicted molar refractivity (Wildman–Crippen MR) is 148 cm³/mol. The van der Waals surface area contributed by atoms with E-state index in [-0.39, 0.29) is 17.4 Å². The zero-order valence-electron chi connectivity index (χ0n) is 21.8. The van der Waals surface area contributed by atoms with Gasteiger partial charge in [-0.2, -0.15) is 0 Å². The SMILES string of the molecule is CC[C@@H](C)n1c(=O)c(NCc2ccc(S(C)=O)cc2)nc2cnc(-c3c(C4CC4)ncnc3C3CC3)nc21. The van der Waals surface area contributed by atoms with Gasteiger partial charge in [0.05, 0.1) is 23.1 Å². The summed E-state index contributed by atoms with van der Waals surface area (Å²) < 4.78 is 13.4. The maximum atomic E-state index is 13.7. The Balaban J connectivity index is 1.41. The molecule has 9 nitrogen and oxygen atoms in total. The summed E-state index contributed by atoms with van der Waals surface area (Å²) in [7, 11) is -1.03. The summed E-state index contributed by atoms with van der Waals surface area (Å²) in [6, 6.07) is 7.42. The van der Waals surface area contributed by atoms with Crippen LogP contribution in [0.5, 0.6) is 0 Å². The maximum absolute atomic E-state index is 13.7. The van der Waals surface area contributed by atoms with Gasteiger partial charge in [-0.3, -0.25) is 13.6 Å². The topological polar surface area (TPSA) is 116 Å². The lowest BCUT2D eigenvalue weighted by atomic mass is 10.0. The first-order chi connectivity index (χ1) is 18.4. The number of hydrogen-bond donors (Lipinski definition) is 1. The number of rotatable bonds is 9. The van der Waals surface area contributed by atoms with Crippen LogP contribution in [0.15, 0.2) is 46.5 Å². The van der Waals surface area contributed by atoms with Gasteiger partial charge in [0.1, 0.15) is 11.8 Å². The minimum Gasteiger partial charge on any atom is -0.361 e. The van der Waals surface area contributed by atoms with Crippen LogP contribution in [-0.4, -0.2) is 40.0 Å². The molecular formula is C28H31N7O2S. The van der Waals surface area contributed by atoms with Gasteiger partial charge in [0, 0.05) is 46.4 Å². The fourth-order valence-corrected chi connectivity index (χ4v) is 5.31. The first-order valence-corrected chi connectivity index (χ1v) is 14.8. The molecule has 0 aliphatic heterocycles. The Labute approximate surface area is 223 Å². The molecule has 0 radical (unpaired) electrons. The zero-order valence-corrected chi connectivity index (χ0v) is 22.7. The van der Waals surface area contributed by atoms with E-state index in [4.69, 9.17) is 9.97 Å². The molecule has 0 bridgehead atoms. The van der Waals surface area contributed by atoms with Crippen LogP contribution in [-0.2, 0) is 17.3 Å². The van der Waals surface area contributed by atoms with Crippen molar-refractivity contribution in [3.8, 4) is 11.4 Å². The van der Waals surface area contributed by atoms with Crippen LogP contribution in [0.4, 0.5) is 5.82 Å². The van der Waals surface area contributed by atoms with Crippen molar-refractivity contribution in [1.82, 2.24) is 29.5 Å². The van der Waals surface area contributed by atoms with Crippen molar-refractivity contribution in [3.63, 3.8) is 0 Å². The van der Waals surface area contributed by atoms with E-state index in [9.17, 15) is 9.00 Å². The Morgan fingerprint density at radius 1 is 1.03 bits per heavy atom. The van der Waals surface area contributed by atoms with Crippen molar-refractivity contribution < 1.29 is 4.21 Å². The minimum absolute atomic E-state index is 0.0760. The van der Waals surface area contributed by atoms with Crippen LogP contribution >= 0.6 is 0 Å². The fourth-order valence-electron chi connectivity index (χ4n) is 4.79. The van der Waals surface area contributed by atoms with Crippen molar-refractivity contribution >= 4 is 27.8 Å². The van der Waals surface area contributed by atoms with Gasteiger partial charge in [0.25, 0.3) is 5.56 Å². The molecule has 0 amide bonds. The van der Waals surface area contributed by atoms with Crippen LogP contribution in [0.3, 0.4) is 0 Å². The van der Waals surface area contributed by atoms with E-state index in [1.165, 1.54) is 0 Å². The van der Waals surface area contributed by atoms with Gasteiger partial charge in [-0.1, -0.05) is 19.1 Å². The number of benzene rings is 1. The third-order valence-electron chi connectivity index (χ3n) is 7.44. The number of fused-ring (bicyclic) bond motifs is 1. The van der Waals surface area contributed by atoms with Gasteiger partial charge >= 0.3 is 0 Å². The number of nitrogens with one attached hydrogen (secondary N) is 1. The van der Waals surface area contributed by atoms with Gasteiger partial charge in [-0.25, -0.2) is 24.9 Å². The smallest absolute Gasteiger partial charge is 0.295 e. The van der Waals surface area contributed by atoms with E-state index in [0.717, 1.165) is 59.5 Å². The second-order valence-electron chi connectivity index (χ2n) is 10.3. The lowest BCUT2D eigenvalue weighted by Crippen LogP contribution is -2.28. The van der Waals surface area contributed by atoms with E-state index < -0.39 is 10.8 Å². The first kappa shape index (κ1) is 24.8. The molecule has 1 unspecified atom stereocenters. The van der Waals surface area contributed by atoms with Crippen LogP contribution in [0, 0.1) is 0 Å². The summed E-state index contributed by atoms with van der Waals surface area (Å²) in [5.74, 6) is 1.70. The Bertz CT molecular complexity index is 1560. The fraction of sp³-hybridized carbons (Fsp3) is 0.429. The average Bonchev–Trinajstić information content (AvgIpc) is 3.85. The third kappa shape index (κ3) is 4.73. The van der Waals surface area contributed by atoms with Crippen molar-refractivity contribution in [2.45, 2.75) is 75.3 Å². The Hall–Kier alpha value is -3.53. The summed E-state index contributed by atoms with van der Waals surface area (Å²) in [6.07, 6.45) is 10.3. The average molecular weight is 530 g/mol. The van der Waals surface area contributed by atoms with Gasteiger partial charge in [-0.15, -0.1) is 0 Å². The molecule has 2 atom stereocenters. The van der Waals surface area contributed by atoms with Gasteiger partial charge in [0.2, 0.25) is 0 Å². The Kier molecular flexibility index (Phi) is 6.51. The Morgan fingerprint density at radius 2 is 1.68 bits per heavy atom.